The third-order valence-electron chi connectivity index (χ3n) is 4.25. The van der Waals surface area contributed by atoms with Crippen LogP contribution in [-0.2, 0) is 4.84 Å². The van der Waals surface area contributed by atoms with Gasteiger partial charge in [-0.15, -0.1) is 0 Å². The summed E-state index contributed by atoms with van der Waals surface area (Å²) >= 11 is 16.2. The Balaban J connectivity index is 1.92. The summed E-state index contributed by atoms with van der Waals surface area (Å²) in [5.74, 6) is -0.533. The van der Waals surface area contributed by atoms with Crippen molar-refractivity contribution in [2.24, 2.45) is 5.92 Å². The Bertz CT molecular complexity index is 1040. The van der Waals surface area contributed by atoms with Gasteiger partial charge in [-0.25, -0.2) is 10.5 Å². The molecule has 2 heterocycles. The van der Waals surface area contributed by atoms with Gasteiger partial charge in [-0.05, 0) is 24.1 Å². The number of aliphatic hydroxyl groups excluding tert-OH is 1. The molecular formula is C19H19BrCl2N4O3. The molecule has 0 aliphatic carbocycles. The first kappa shape index (κ1) is 21.9. The molecule has 0 bridgehead atoms. The Hall–Kier alpha value is -1.84. The number of rotatable bonds is 7. The molecule has 0 aliphatic rings. The first-order chi connectivity index (χ1) is 13.8. The molecule has 3 aromatic rings. The van der Waals surface area contributed by atoms with E-state index in [4.69, 9.17) is 28.0 Å². The van der Waals surface area contributed by atoms with Crippen LogP contribution in [0.15, 0.2) is 41.3 Å². The number of hydrogen-bond acceptors (Lipinski definition) is 5. The standard InChI is InChI=1S/C19H19BrCl2N4O3/c1-10(2)15(27)9-29-25-19(28)12-8-26-6-5-23-18(26)16(22)17(12)24-14-4-3-11(20)7-13(14)21/h3-8,10,15,24,27H,9H2,1-2H3,(H,25,28). The lowest BCUT2D eigenvalue weighted by molar-refractivity contribution is -0.0268. The van der Waals surface area contributed by atoms with Crippen molar-refractivity contribution in [2.45, 2.75) is 20.0 Å². The maximum absolute atomic E-state index is 12.8. The average Bonchev–Trinajstić information content (AvgIpc) is 3.14. The van der Waals surface area contributed by atoms with E-state index in [1.54, 1.807) is 35.1 Å². The third kappa shape index (κ3) is 5.02. The average molecular weight is 502 g/mol. The van der Waals surface area contributed by atoms with Crippen molar-refractivity contribution in [3.63, 3.8) is 0 Å². The van der Waals surface area contributed by atoms with Crippen LogP contribution in [0.5, 0.6) is 0 Å². The summed E-state index contributed by atoms with van der Waals surface area (Å²) < 4.78 is 2.45. The van der Waals surface area contributed by atoms with Gasteiger partial charge in [-0.3, -0.25) is 9.63 Å². The molecule has 29 heavy (non-hydrogen) atoms. The fourth-order valence-electron chi connectivity index (χ4n) is 2.48. The second kappa shape index (κ2) is 9.32. The summed E-state index contributed by atoms with van der Waals surface area (Å²) in [6, 6.07) is 5.30. The largest absolute Gasteiger partial charge is 0.390 e. The molecule has 3 rings (SSSR count). The van der Waals surface area contributed by atoms with Gasteiger partial charge < -0.3 is 14.8 Å². The van der Waals surface area contributed by atoms with Crippen LogP contribution in [0.1, 0.15) is 24.2 Å². The molecule has 7 nitrogen and oxygen atoms in total. The lowest BCUT2D eigenvalue weighted by Crippen LogP contribution is -2.31. The van der Waals surface area contributed by atoms with Gasteiger partial charge in [0.25, 0.3) is 5.91 Å². The molecule has 1 aromatic carbocycles. The summed E-state index contributed by atoms with van der Waals surface area (Å²) in [6.45, 7) is 3.67. The van der Waals surface area contributed by atoms with Crippen LogP contribution >= 0.6 is 39.1 Å². The minimum absolute atomic E-state index is 0.000388. The molecule has 1 unspecified atom stereocenters. The smallest absolute Gasteiger partial charge is 0.278 e. The molecule has 0 saturated heterocycles. The fourth-order valence-corrected chi connectivity index (χ4v) is 3.50. The van der Waals surface area contributed by atoms with E-state index in [1.165, 1.54) is 0 Å². The topological polar surface area (TPSA) is 87.9 Å². The van der Waals surface area contributed by atoms with Crippen LogP contribution in [-0.4, -0.2) is 33.1 Å². The van der Waals surface area contributed by atoms with Crippen molar-refractivity contribution >= 4 is 62.1 Å². The van der Waals surface area contributed by atoms with Crippen LogP contribution in [0, 0.1) is 5.92 Å². The number of aromatic nitrogens is 2. The predicted molar refractivity (Wildman–Crippen MR) is 117 cm³/mol. The summed E-state index contributed by atoms with van der Waals surface area (Å²) in [6.07, 6.45) is 4.14. The Labute approximate surface area is 186 Å². The summed E-state index contributed by atoms with van der Waals surface area (Å²) in [5.41, 5.74) is 3.95. The number of fused-ring (bicyclic) bond motifs is 1. The minimum atomic E-state index is -0.700. The molecule has 1 atom stereocenters. The highest BCUT2D eigenvalue weighted by molar-refractivity contribution is 9.10. The van der Waals surface area contributed by atoms with Crippen LogP contribution in [0.3, 0.4) is 0 Å². The second-order valence-electron chi connectivity index (χ2n) is 6.69. The number of nitrogens with zero attached hydrogens (tertiary/aromatic N) is 2. The molecule has 0 radical (unpaired) electrons. The van der Waals surface area contributed by atoms with Crippen molar-refractivity contribution in [2.75, 3.05) is 11.9 Å². The first-order valence-electron chi connectivity index (χ1n) is 8.75. The van der Waals surface area contributed by atoms with Gasteiger partial charge in [0.1, 0.15) is 11.6 Å². The van der Waals surface area contributed by atoms with E-state index in [0.29, 0.717) is 22.0 Å². The summed E-state index contributed by atoms with van der Waals surface area (Å²) in [5, 5.41) is 13.6. The first-order valence-corrected chi connectivity index (χ1v) is 10.3. The van der Waals surface area contributed by atoms with Crippen LogP contribution in [0.4, 0.5) is 11.4 Å². The molecule has 154 valence electrons. The lowest BCUT2D eigenvalue weighted by Gasteiger charge is -2.17. The molecule has 0 spiro atoms. The quantitative estimate of drug-likeness (QED) is 0.404. The highest BCUT2D eigenvalue weighted by atomic mass is 79.9. The number of halogens is 3. The van der Waals surface area contributed by atoms with Crippen molar-refractivity contribution in [1.29, 1.82) is 0 Å². The number of pyridine rings is 1. The number of hydroxylamine groups is 1. The van der Waals surface area contributed by atoms with E-state index in [0.717, 1.165) is 4.47 Å². The van der Waals surface area contributed by atoms with E-state index in [9.17, 15) is 9.90 Å². The van der Waals surface area contributed by atoms with Gasteiger partial charge in [0.05, 0.1) is 28.1 Å². The predicted octanol–water partition coefficient (Wildman–Crippen LogP) is 4.83. The Morgan fingerprint density at radius 3 is 2.83 bits per heavy atom. The zero-order valence-corrected chi connectivity index (χ0v) is 18.7. The number of nitrogens with one attached hydrogen (secondary N) is 2. The number of amides is 1. The van der Waals surface area contributed by atoms with E-state index in [2.05, 4.69) is 31.7 Å². The van der Waals surface area contributed by atoms with E-state index in [-0.39, 0.29) is 23.1 Å². The Morgan fingerprint density at radius 1 is 1.38 bits per heavy atom. The van der Waals surface area contributed by atoms with Crippen LogP contribution in [0.25, 0.3) is 5.65 Å². The van der Waals surface area contributed by atoms with Crippen LogP contribution < -0.4 is 10.8 Å². The van der Waals surface area contributed by atoms with Crippen molar-refractivity contribution in [3.05, 3.63) is 56.9 Å². The number of anilines is 2. The number of aliphatic hydroxyl groups is 1. The SMILES string of the molecule is CC(C)C(O)CONC(=O)c1cn2ccnc2c(Cl)c1Nc1ccc(Br)cc1Cl. The Kier molecular flexibility index (Phi) is 7.02. The lowest BCUT2D eigenvalue weighted by atomic mass is 10.1. The van der Waals surface area contributed by atoms with Gasteiger partial charge in [0, 0.05) is 23.1 Å². The number of imidazole rings is 1. The van der Waals surface area contributed by atoms with Crippen molar-refractivity contribution in [1.82, 2.24) is 14.9 Å². The normalized spacial score (nSPS) is 12.4. The number of benzene rings is 1. The van der Waals surface area contributed by atoms with Gasteiger partial charge >= 0.3 is 0 Å². The van der Waals surface area contributed by atoms with Crippen LogP contribution in [0.2, 0.25) is 10.0 Å². The molecule has 2 aromatic heterocycles. The molecule has 0 aliphatic heterocycles. The molecule has 1 amide bonds. The molecule has 10 heteroatoms. The van der Waals surface area contributed by atoms with Gasteiger partial charge in [0.2, 0.25) is 0 Å². The summed E-state index contributed by atoms with van der Waals surface area (Å²) in [7, 11) is 0. The van der Waals surface area contributed by atoms with Crippen molar-refractivity contribution in [3.8, 4) is 0 Å². The zero-order chi connectivity index (χ0) is 21.1. The fraction of sp³-hybridized carbons (Fsp3) is 0.263. The monoisotopic (exact) mass is 500 g/mol. The highest BCUT2D eigenvalue weighted by Crippen LogP contribution is 2.35. The van der Waals surface area contributed by atoms with Crippen molar-refractivity contribution < 1.29 is 14.7 Å². The number of carbonyl (C=O) groups is 1. The maximum atomic E-state index is 12.8. The zero-order valence-electron chi connectivity index (χ0n) is 15.6. The van der Waals surface area contributed by atoms with E-state index < -0.39 is 12.0 Å². The maximum Gasteiger partial charge on any atom is 0.278 e. The molecule has 3 N–H and O–H groups in total. The molecule has 0 saturated carbocycles. The third-order valence-corrected chi connectivity index (χ3v) is 5.41. The minimum Gasteiger partial charge on any atom is -0.390 e. The summed E-state index contributed by atoms with van der Waals surface area (Å²) in [4.78, 5) is 22.2. The molecular weight excluding hydrogens is 483 g/mol. The number of hydrogen-bond donors (Lipinski definition) is 3. The van der Waals surface area contributed by atoms with Gasteiger partial charge in [0.15, 0.2) is 5.65 Å². The highest BCUT2D eigenvalue weighted by Gasteiger charge is 2.20. The van der Waals surface area contributed by atoms with Gasteiger partial charge in [-0.1, -0.05) is 53.0 Å². The van der Waals surface area contributed by atoms with E-state index >= 15 is 0 Å². The van der Waals surface area contributed by atoms with Gasteiger partial charge in [-0.2, -0.15) is 0 Å². The second-order valence-corrected chi connectivity index (χ2v) is 8.39. The number of carbonyl (C=O) groups excluding carboxylic acids is 1. The molecule has 0 fully saturated rings. The Morgan fingerprint density at radius 2 is 2.14 bits per heavy atom. The van der Waals surface area contributed by atoms with E-state index in [1.807, 2.05) is 19.9 Å².